The van der Waals surface area contributed by atoms with Gasteiger partial charge in [-0.15, -0.1) is 0 Å². The van der Waals surface area contributed by atoms with Crippen molar-refractivity contribution in [3.63, 3.8) is 0 Å². The Bertz CT molecular complexity index is 450. The number of Topliss-reactive ketones (excluding diaryl/α,β-unsaturated/α-hetero) is 1. The molecule has 2 N–H and O–H groups in total. The van der Waals surface area contributed by atoms with Crippen molar-refractivity contribution in [2.24, 2.45) is 11.7 Å². The third-order valence-electron chi connectivity index (χ3n) is 3.57. The summed E-state index contributed by atoms with van der Waals surface area (Å²) < 4.78 is 0. The molecule has 1 aliphatic rings. The van der Waals surface area contributed by atoms with Gasteiger partial charge in [-0.05, 0) is 30.9 Å². The van der Waals surface area contributed by atoms with Crippen LogP contribution in [0.3, 0.4) is 0 Å². The first-order valence-electron chi connectivity index (χ1n) is 6.14. The number of ketones is 1. The second-order valence-electron chi connectivity index (χ2n) is 4.74. The fraction of sp³-hybridized carbons (Fsp3) is 0.462. The lowest BCUT2D eigenvalue weighted by Gasteiger charge is -2.17. The maximum atomic E-state index is 12.1. The largest absolute Gasteiger partial charge is 0.321 e. The molecular weight excluding hydrogens is 232 g/mol. The number of hydrogen-bond acceptors (Lipinski definition) is 4. The number of rotatable bonds is 4. The molecule has 1 saturated carbocycles. The summed E-state index contributed by atoms with van der Waals surface area (Å²) in [6.45, 7) is 0. The van der Waals surface area contributed by atoms with Crippen LogP contribution in [-0.2, 0) is 0 Å². The molecule has 0 amide bonds. The van der Waals surface area contributed by atoms with Crippen LogP contribution in [0, 0.1) is 16.0 Å². The average Bonchev–Trinajstić information content (AvgIpc) is 2.91. The molecule has 0 aromatic heterocycles. The molecular formula is C13H16N2O3. The molecule has 0 spiro atoms. The van der Waals surface area contributed by atoms with Crippen molar-refractivity contribution in [3.05, 3.63) is 39.9 Å². The van der Waals surface area contributed by atoms with Crippen LogP contribution in [-0.4, -0.2) is 16.7 Å². The molecule has 0 bridgehead atoms. The summed E-state index contributed by atoms with van der Waals surface area (Å²) >= 11 is 0. The summed E-state index contributed by atoms with van der Waals surface area (Å²) in [5.74, 6) is 0.143. The molecule has 5 nitrogen and oxygen atoms in total. The van der Waals surface area contributed by atoms with Crippen LogP contribution in [0.25, 0.3) is 0 Å². The van der Waals surface area contributed by atoms with Crippen LogP contribution in [0.5, 0.6) is 0 Å². The van der Waals surface area contributed by atoms with Crippen LogP contribution < -0.4 is 5.73 Å². The van der Waals surface area contributed by atoms with E-state index in [1.54, 1.807) is 0 Å². The molecule has 0 heterocycles. The molecule has 5 heteroatoms. The molecule has 1 atom stereocenters. The maximum Gasteiger partial charge on any atom is 0.269 e. The zero-order valence-electron chi connectivity index (χ0n) is 10.0. The van der Waals surface area contributed by atoms with E-state index >= 15 is 0 Å². The molecule has 0 aliphatic heterocycles. The zero-order valence-corrected chi connectivity index (χ0v) is 10.0. The molecule has 1 aromatic rings. The molecule has 1 aromatic carbocycles. The second-order valence-corrected chi connectivity index (χ2v) is 4.74. The van der Waals surface area contributed by atoms with Crippen LogP contribution in [0.2, 0.25) is 0 Å². The molecule has 1 aliphatic carbocycles. The van der Waals surface area contributed by atoms with Gasteiger partial charge in [0.05, 0.1) is 11.0 Å². The van der Waals surface area contributed by atoms with E-state index in [9.17, 15) is 14.9 Å². The predicted molar refractivity (Wildman–Crippen MR) is 67.4 cm³/mol. The molecule has 1 fully saturated rings. The maximum absolute atomic E-state index is 12.1. The average molecular weight is 248 g/mol. The first-order valence-corrected chi connectivity index (χ1v) is 6.14. The number of non-ortho nitro benzene ring substituents is 1. The van der Waals surface area contributed by atoms with Gasteiger partial charge in [0.25, 0.3) is 5.69 Å². The summed E-state index contributed by atoms with van der Waals surface area (Å²) in [5.41, 5.74) is 6.41. The van der Waals surface area contributed by atoms with Crippen molar-refractivity contribution >= 4 is 11.5 Å². The van der Waals surface area contributed by atoms with E-state index in [1.807, 2.05) is 0 Å². The van der Waals surface area contributed by atoms with Crippen molar-refractivity contribution in [3.8, 4) is 0 Å². The van der Waals surface area contributed by atoms with Crippen LogP contribution in [0.15, 0.2) is 24.3 Å². The fourth-order valence-corrected chi connectivity index (χ4v) is 2.47. The van der Waals surface area contributed by atoms with E-state index < -0.39 is 11.0 Å². The third kappa shape index (κ3) is 2.56. The smallest absolute Gasteiger partial charge is 0.269 e. The molecule has 0 saturated heterocycles. The van der Waals surface area contributed by atoms with Crippen molar-refractivity contribution in [1.82, 2.24) is 0 Å². The SMILES string of the molecule is NC(C(=O)c1ccc([N+](=O)[O-])cc1)C1CCCC1. The Labute approximate surface area is 105 Å². The van der Waals surface area contributed by atoms with Gasteiger partial charge in [0.2, 0.25) is 0 Å². The summed E-state index contributed by atoms with van der Waals surface area (Å²) in [7, 11) is 0. The minimum Gasteiger partial charge on any atom is -0.321 e. The molecule has 2 rings (SSSR count). The first kappa shape index (κ1) is 12.7. The van der Waals surface area contributed by atoms with Gasteiger partial charge in [0.1, 0.15) is 0 Å². The van der Waals surface area contributed by atoms with E-state index in [4.69, 9.17) is 5.73 Å². The number of nitro groups is 1. The van der Waals surface area contributed by atoms with Crippen LogP contribution in [0.1, 0.15) is 36.0 Å². The van der Waals surface area contributed by atoms with Crippen LogP contribution in [0.4, 0.5) is 5.69 Å². The van der Waals surface area contributed by atoms with E-state index in [0.717, 1.165) is 25.7 Å². The number of benzene rings is 1. The summed E-state index contributed by atoms with van der Waals surface area (Å²) in [4.78, 5) is 22.2. The quantitative estimate of drug-likeness (QED) is 0.503. The summed E-state index contributed by atoms with van der Waals surface area (Å²) in [6, 6.07) is 5.17. The fourth-order valence-electron chi connectivity index (χ4n) is 2.47. The normalized spacial score (nSPS) is 17.6. The van der Waals surface area contributed by atoms with E-state index in [-0.39, 0.29) is 17.4 Å². The highest BCUT2D eigenvalue weighted by Crippen LogP contribution is 2.28. The molecule has 0 radical (unpaired) electrons. The number of nitrogens with two attached hydrogens (primary N) is 1. The third-order valence-corrected chi connectivity index (χ3v) is 3.57. The van der Waals surface area contributed by atoms with Crippen molar-refractivity contribution in [1.29, 1.82) is 0 Å². The van der Waals surface area contributed by atoms with Gasteiger partial charge in [0, 0.05) is 17.7 Å². The standard InChI is InChI=1S/C13H16N2O3/c14-12(9-3-1-2-4-9)13(16)10-5-7-11(8-6-10)15(17)18/h5-9,12H,1-4,14H2. The van der Waals surface area contributed by atoms with Crippen LogP contribution >= 0.6 is 0 Å². The van der Waals surface area contributed by atoms with Gasteiger partial charge in [-0.3, -0.25) is 14.9 Å². The Hall–Kier alpha value is -1.75. The highest BCUT2D eigenvalue weighted by molar-refractivity contribution is 6.00. The van der Waals surface area contributed by atoms with Gasteiger partial charge >= 0.3 is 0 Å². The Balaban J connectivity index is 2.10. The predicted octanol–water partition coefficient (Wildman–Crippen LogP) is 2.29. The second kappa shape index (κ2) is 5.27. The minimum atomic E-state index is -0.481. The molecule has 96 valence electrons. The Kier molecular flexibility index (Phi) is 3.72. The lowest BCUT2D eigenvalue weighted by Crippen LogP contribution is -2.36. The lowest BCUT2D eigenvalue weighted by atomic mass is 9.92. The number of carbonyl (C=O) groups is 1. The Morgan fingerprint density at radius 2 is 1.83 bits per heavy atom. The van der Waals surface area contributed by atoms with E-state index in [0.29, 0.717) is 5.56 Å². The Morgan fingerprint density at radius 1 is 1.28 bits per heavy atom. The topological polar surface area (TPSA) is 86.2 Å². The highest BCUT2D eigenvalue weighted by Gasteiger charge is 2.28. The van der Waals surface area contributed by atoms with Gasteiger partial charge in [-0.1, -0.05) is 12.8 Å². The number of hydrogen-bond donors (Lipinski definition) is 1. The summed E-state index contributed by atoms with van der Waals surface area (Å²) in [6.07, 6.45) is 4.26. The number of nitrogens with zero attached hydrogens (tertiary/aromatic N) is 1. The van der Waals surface area contributed by atoms with E-state index in [1.165, 1.54) is 24.3 Å². The summed E-state index contributed by atoms with van der Waals surface area (Å²) in [5, 5.41) is 10.5. The lowest BCUT2D eigenvalue weighted by molar-refractivity contribution is -0.384. The van der Waals surface area contributed by atoms with Crippen molar-refractivity contribution in [2.45, 2.75) is 31.7 Å². The number of nitro benzene ring substituents is 1. The van der Waals surface area contributed by atoms with Gasteiger partial charge in [-0.2, -0.15) is 0 Å². The first-order chi connectivity index (χ1) is 8.59. The van der Waals surface area contributed by atoms with Crippen molar-refractivity contribution in [2.75, 3.05) is 0 Å². The van der Waals surface area contributed by atoms with Gasteiger partial charge < -0.3 is 5.73 Å². The number of carbonyl (C=O) groups excluding carboxylic acids is 1. The highest BCUT2D eigenvalue weighted by atomic mass is 16.6. The minimum absolute atomic E-state index is 0.0130. The molecule has 18 heavy (non-hydrogen) atoms. The van der Waals surface area contributed by atoms with E-state index in [2.05, 4.69) is 0 Å². The van der Waals surface area contributed by atoms with Gasteiger partial charge in [0.15, 0.2) is 5.78 Å². The zero-order chi connectivity index (χ0) is 13.1. The Morgan fingerprint density at radius 3 is 2.33 bits per heavy atom. The van der Waals surface area contributed by atoms with Crippen molar-refractivity contribution < 1.29 is 9.72 Å². The monoisotopic (exact) mass is 248 g/mol. The molecule has 1 unspecified atom stereocenters. The van der Waals surface area contributed by atoms with Gasteiger partial charge in [-0.25, -0.2) is 0 Å².